The lowest BCUT2D eigenvalue weighted by Crippen LogP contribution is -2.25. The molecule has 2 aromatic carbocycles. The van der Waals surface area contributed by atoms with Gasteiger partial charge < -0.3 is 4.90 Å². The third-order valence-electron chi connectivity index (χ3n) is 3.86. The molecule has 0 saturated carbocycles. The number of hydrogen-bond acceptors (Lipinski definition) is 4. The normalized spacial score (nSPS) is 12.9. The summed E-state index contributed by atoms with van der Waals surface area (Å²) in [4.78, 5) is 15.1. The van der Waals surface area contributed by atoms with Crippen LogP contribution in [-0.2, 0) is 6.54 Å². The van der Waals surface area contributed by atoms with Crippen LogP contribution in [0.15, 0.2) is 59.5 Å². The van der Waals surface area contributed by atoms with Gasteiger partial charge in [-0.15, -0.1) is 0 Å². The number of carbonyl (C=O) groups is 1. The molecule has 0 saturated heterocycles. The summed E-state index contributed by atoms with van der Waals surface area (Å²) in [7, 11) is 0. The summed E-state index contributed by atoms with van der Waals surface area (Å²) in [6.45, 7) is 4.42. The molecular formula is C18H15N3OS. The maximum atomic E-state index is 12.5. The Morgan fingerprint density at radius 3 is 2.78 bits per heavy atom. The van der Waals surface area contributed by atoms with Crippen LogP contribution in [0.3, 0.4) is 0 Å². The highest BCUT2D eigenvalue weighted by Crippen LogP contribution is 2.34. The van der Waals surface area contributed by atoms with Crippen molar-refractivity contribution in [2.75, 3.05) is 6.54 Å². The minimum atomic E-state index is -0.0531. The van der Waals surface area contributed by atoms with E-state index in [0.717, 1.165) is 21.6 Å². The van der Waals surface area contributed by atoms with Gasteiger partial charge in [-0.05, 0) is 46.8 Å². The first-order valence-corrected chi connectivity index (χ1v) is 7.98. The molecule has 23 heavy (non-hydrogen) atoms. The van der Waals surface area contributed by atoms with Gasteiger partial charge in [-0.1, -0.05) is 30.8 Å². The van der Waals surface area contributed by atoms with E-state index in [2.05, 4.69) is 6.58 Å². The van der Waals surface area contributed by atoms with Crippen LogP contribution < -0.4 is 5.14 Å². The van der Waals surface area contributed by atoms with E-state index in [1.165, 1.54) is 11.9 Å². The maximum Gasteiger partial charge on any atom is 0.254 e. The Bertz CT molecular complexity index is 838. The van der Waals surface area contributed by atoms with Crippen LogP contribution in [0.1, 0.15) is 15.9 Å². The highest BCUT2D eigenvalue weighted by molar-refractivity contribution is 7.97. The first kappa shape index (κ1) is 15.3. The Morgan fingerprint density at radius 2 is 2.04 bits per heavy atom. The molecule has 0 radical (unpaired) electrons. The van der Waals surface area contributed by atoms with Crippen LogP contribution in [0.25, 0.3) is 11.1 Å². The molecule has 0 atom stereocenters. The number of nitrogens with two attached hydrogens (primary N) is 1. The van der Waals surface area contributed by atoms with E-state index in [-0.39, 0.29) is 12.5 Å². The van der Waals surface area contributed by atoms with Crippen molar-refractivity contribution in [1.82, 2.24) is 4.90 Å². The average molecular weight is 321 g/mol. The second kappa shape index (κ2) is 6.29. The number of hydrogen-bond donors (Lipinski definition) is 1. The Morgan fingerprint density at radius 1 is 1.30 bits per heavy atom. The third kappa shape index (κ3) is 2.87. The molecule has 0 bridgehead atoms. The van der Waals surface area contributed by atoms with Crippen molar-refractivity contribution in [3.8, 4) is 17.2 Å². The Labute approximate surface area is 139 Å². The lowest BCUT2D eigenvalue weighted by molar-refractivity contribution is 0.0794. The summed E-state index contributed by atoms with van der Waals surface area (Å²) < 4.78 is 0. The van der Waals surface area contributed by atoms with Crippen LogP contribution in [-0.4, -0.2) is 17.4 Å². The van der Waals surface area contributed by atoms with Crippen LogP contribution in [0.4, 0.5) is 0 Å². The summed E-state index contributed by atoms with van der Waals surface area (Å²) in [5.41, 5.74) is 4.12. The summed E-state index contributed by atoms with van der Waals surface area (Å²) >= 11 is 1.20. The number of amides is 1. The maximum absolute atomic E-state index is 12.5. The highest BCUT2D eigenvalue weighted by atomic mass is 32.2. The minimum Gasteiger partial charge on any atom is -0.329 e. The van der Waals surface area contributed by atoms with Gasteiger partial charge in [-0.3, -0.25) is 9.93 Å². The molecule has 2 N–H and O–H groups in total. The number of fused-ring (bicyclic) bond motifs is 1. The van der Waals surface area contributed by atoms with E-state index in [1.54, 1.807) is 4.90 Å². The first-order valence-electron chi connectivity index (χ1n) is 7.10. The minimum absolute atomic E-state index is 0.0531. The summed E-state index contributed by atoms with van der Waals surface area (Å²) in [5.74, 6) is -0.0531. The van der Waals surface area contributed by atoms with E-state index in [9.17, 15) is 4.79 Å². The Balaban J connectivity index is 2.01. The Hall–Kier alpha value is -2.55. The molecule has 1 aliphatic rings. The van der Waals surface area contributed by atoms with Gasteiger partial charge in [0.2, 0.25) is 0 Å². The molecule has 1 amide bonds. The number of rotatable bonds is 4. The lowest BCUT2D eigenvalue weighted by atomic mass is 9.97. The van der Waals surface area contributed by atoms with Crippen LogP contribution in [0, 0.1) is 11.3 Å². The van der Waals surface area contributed by atoms with Crippen molar-refractivity contribution >= 4 is 17.9 Å². The molecule has 5 heteroatoms. The van der Waals surface area contributed by atoms with Crippen LogP contribution in [0.5, 0.6) is 0 Å². The molecule has 0 fully saturated rings. The molecule has 1 aliphatic heterocycles. The van der Waals surface area contributed by atoms with Crippen LogP contribution >= 0.6 is 11.9 Å². The fraction of sp³-hybridized carbons (Fsp3) is 0.111. The molecule has 0 unspecified atom stereocenters. The molecular weight excluding hydrogens is 306 g/mol. The summed E-state index contributed by atoms with van der Waals surface area (Å²) in [5, 5.41) is 14.5. The smallest absolute Gasteiger partial charge is 0.254 e. The standard InChI is InChI=1S/C18H15N3OS/c1-12(9-19)10-21-11-17-15(6-3-7-16(17)18(21)22)13-4-2-5-14(8-13)23-20/h2-8H,1,10-11,20H2. The number of carbonyl (C=O) groups excluding carboxylic acids is 1. The molecule has 2 aromatic rings. The zero-order chi connectivity index (χ0) is 16.4. The summed E-state index contributed by atoms with van der Waals surface area (Å²) in [6, 6.07) is 15.7. The van der Waals surface area contributed by atoms with Gasteiger partial charge in [0.1, 0.15) is 0 Å². The van der Waals surface area contributed by atoms with Crippen molar-refractivity contribution in [3.05, 3.63) is 65.7 Å². The quantitative estimate of drug-likeness (QED) is 0.692. The number of nitrogens with zero attached hydrogens (tertiary/aromatic N) is 2. The Kier molecular flexibility index (Phi) is 4.20. The molecule has 114 valence electrons. The second-order valence-corrected chi connectivity index (χ2v) is 6.06. The van der Waals surface area contributed by atoms with Gasteiger partial charge in [-0.25, -0.2) is 0 Å². The topological polar surface area (TPSA) is 70.1 Å². The zero-order valence-corrected chi connectivity index (χ0v) is 13.3. The van der Waals surface area contributed by atoms with E-state index < -0.39 is 0 Å². The van der Waals surface area contributed by atoms with E-state index in [1.807, 2.05) is 48.5 Å². The predicted molar refractivity (Wildman–Crippen MR) is 91.4 cm³/mol. The predicted octanol–water partition coefficient (Wildman–Crippen LogP) is 3.35. The molecule has 4 nitrogen and oxygen atoms in total. The van der Waals surface area contributed by atoms with Crippen molar-refractivity contribution < 1.29 is 4.79 Å². The van der Waals surface area contributed by atoms with E-state index in [4.69, 9.17) is 10.4 Å². The number of benzene rings is 2. The third-order valence-corrected chi connectivity index (χ3v) is 4.39. The monoisotopic (exact) mass is 321 g/mol. The number of nitriles is 1. The molecule has 0 aromatic heterocycles. The SMILES string of the molecule is C=C(C#N)CN1Cc2c(cccc2-c2cccc(SN)c2)C1=O. The van der Waals surface area contributed by atoms with Gasteiger partial charge in [0, 0.05) is 22.6 Å². The van der Waals surface area contributed by atoms with Gasteiger partial charge >= 0.3 is 0 Å². The lowest BCUT2D eigenvalue weighted by Gasteiger charge is -2.14. The van der Waals surface area contributed by atoms with Crippen molar-refractivity contribution in [1.29, 1.82) is 5.26 Å². The zero-order valence-electron chi connectivity index (χ0n) is 12.5. The van der Waals surface area contributed by atoms with Crippen molar-refractivity contribution in [3.63, 3.8) is 0 Å². The van der Waals surface area contributed by atoms with Crippen LogP contribution in [0.2, 0.25) is 0 Å². The second-order valence-electron chi connectivity index (χ2n) is 5.35. The molecule has 3 rings (SSSR count). The van der Waals surface area contributed by atoms with E-state index >= 15 is 0 Å². The van der Waals surface area contributed by atoms with Crippen molar-refractivity contribution in [2.45, 2.75) is 11.4 Å². The fourth-order valence-electron chi connectivity index (χ4n) is 2.79. The average Bonchev–Trinajstić information content (AvgIpc) is 2.91. The van der Waals surface area contributed by atoms with Crippen molar-refractivity contribution in [2.24, 2.45) is 5.14 Å². The summed E-state index contributed by atoms with van der Waals surface area (Å²) in [6.07, 6.45) is 0. The van der Waals surface area contributed by atoms with Gasteiger partial charge in [0.25, 0.3) is 5.91 Å². The molecule has 0 spiro atoms. The fourth-order valence-corrected chi connectivity index (χ4v) is 3.14. The highest BCUT2D eigenvalue weighted by Gasteiger charge is 2.29. The van der Waals surface area contributed by atoms with E-state index in [0.29, 0.717) is 17.7 Å². The molecule has 1 heterocycles. The van der Waals surface area contributed by atoms with Gasteiger partial charge in [-0.2, -0.15) is 5.26 Å². The van der Waals surface area contributed by atoms with Gasteiger partial charge in [0.05, 0.1) is 12.6 Å². The molecule has 0 aliphatic carbocycles. The largest absolute Gasteiger partial charge is 0.329 e. The van der Waals surface area contributed by atoms with Gasteiger partial charge in [0.15, 0.2) is 0 Å². The first-order chi connectivity index (χ1) is 11.1.